The maximum absolute atomic E-state index is 12.0. The SMILES string of the molecule is CC(C)(C)/C=C/C(=O)NCc1ccccc1N1CCCC(C(N)=O)C1. The lowest BCUT2D eigenvalue weighted by molar-refractivity contribution is -0.122. The van der Waals surface area contributed by atoms with Crippen LogP contribution < -0.4 is 16.0 Å². The Kier molecular flexibility index (Phi) is 6.23. The molecular formula is C20H29N3O2. The number of carbonyl (C=O) groups excluding carboxylic acids is 2. The standard InChI is InChI=1S/C20H29N3O2/c1-20(2,3)11-10-18(24)22-13-15-7-4-5-9-17(15)23-12-6-8-16(14-23)19(21)25/h4-5,7,9-11,16H,6,8,12-14H2,1-3H3,(H2,21,25)(H,22,24)/b11-10+. The summed E-state index contributed by atoms with van der Waals surface area (Å²) >= 11 is 0. The van der Waals surface area contributed by atoms with E-state index in [0.29, 0.717) is 13.1 Å². The number of nitrogens with two attached hydrogens (primary N) is 1. The summed E-state index contributed by atoms with van der Waals surface area (Å²) < 4.78 is 0. The van der Waals surface area contributed by atoms with E-state index in [1.54, 1.807) is 6.08 Å². The van der Waals surface area contributed by atoms with Crippen LogP contribution in [0.5, 0.6) is 0 Å². The summed E-state index contributed by atoms with van der Waals surface area (Å²) in [6.45, 7) is 8.16. The first-order valence-corrected chi connectivity index (χ1v) is 8.85. The molecule has 5 heteroatoms. The Labute approximate surface area is 150 Å². The number of rotatable bonds is 5. The highest BCUT2D eigenvalue weighted by Crippen LogP contribution is 2.26. The molecule has 1 aromatic rings. The first-order valence-electron chi connectivity index (χ1n) is 8.85. The van der Waals surface area contributed by atoms with Gasteiger partial charge in [-0.2, -0.15) is 0 Å². The van der Waals surface area contributed by atoms with Crippen molar-refractivity contribution in [3.8, 4) is 0 Å². The van der Waals surface area contributed by atoms with Gasteiger partial charge in [-0.05, 0) is 36.0 Å². The Balaban J connectivity index is 2.04. The second-order valence-electron chi connectivity index (χ2n) is 7.73. The molecule has 0 radical (unpaired) electrons. The molecule has 2 rings (SSSR count). The highest BCUT2D eigenvalue weighted by Gasteiger charge is 2.25. The number of nitrogens with zero attached hydrogens (tertiary/aromatic N) is 1. The zero-order valence-corrected chi connectivity index (χ0v) is 15.4. The highest BCUT2D eigenvalue weighted by atomic mass is 16.1. The molecule has 1 fully saturated rings. The van der Waals surface area contributed by atoms with E-state index >= 15 is 0 Å². The maximum Gasteiger partial charge on any atom is 0.243 e. The Morgan fingerprint density at radius 3 is 2.72 bits per heavy atom. The predicted molar refractivity (Wildman–Crippen MR) is 101 cm³/mol. The average Bonchev–Trinajstić information content (AvgIpc) is 2.58. The van der Waals surface area contributed by atoms with E-state index in [1.807, 2.05) is 30.3 Å². The van der Waals surface area contributed by atoms with Crippen molar-refractivity contribution in [2.75, 3.05) is 18.0 Å². The first-order chi connectivity index (χ1) is 11.8. The summed E-state index contributed by atoms with van der Waals surface area (Å²) in [5.41, 5.74) is 7.57. The first kappa shape index (κ1) is 19.0. The molecule has 1 unspecified atom stereocenters. The summed E-state index contributed by atoms with van der Waals surface area (Å²) in [5, 5.41) is 2.94. The monoisotopic (exact) mass is 343 g/mol. The minimum Gasteiger partial charge on any atom is -0.370 e. The van der Waals surface area contributed by atoms with E-state index in [1.165, 1.54) is 0 Å². The van der Waals surface area contributed by atoms with Crippen molar-refractivity contribution in [2.24, 2.45) is 17.1 Å². The molecule has 136 valence electrons. The third kappa shape index (κ3) is 5.93. The second kappa shape index (κ2) is 8.19. The molecular weight excluding hydrogens is 314 g/mol. The third-order valence-corrected chi connectivity index (χ3v) is 4.34. The fourth-order valence-corrected chi connectivity index (χ4v) is 2.96. The molecule has 0 aromatic heterocycles. The van der Waals surface area contributed by atoms with Gasteiger partial charge in [0.25, 0.3) is 0 Å². The largest absolute Gasteiger partial charge is 0.370 e. The summed E-state index contributed by atoms with van der Waals surface area (Å²) in [7, 11) is 0. The fraction of sp³-hybridized carbons (Fsp3) is 0.500. The Hall–Kier alpha value is -2.30. The average molecular weight is 343 g/mol. The fourth-order valence-electron chi connectivity index (χ4n) is 2.96. The number of amides is 2. The van der Waals surface area contributed by atoms with Gasteiger partial charge in [0.1, 0.15) is 0 Å². The van der Waals surface area contributed by atoms with E-state index in [4.69, 9.17) is 5.73 Å². The number of hydrogen-bond acceptors (Lipinski definition) is 3. The summed E-state index contributed by atoms with van der Waals surface area (Å²) in [6, 6.07) is 7.99. The lowest BCUT2D eigenvalue weighted by Gasteiger charge is -2.34. The number of carbonyl (C=O) groups is 2. The normalized spacial score (nSPS) is 18.4. The van der Waals surface area contributed by atoms with Crippen molar-refractivity contribution in [1.29, 1.82) is 0 Å². The van der Waals surface area contributed by atoms with E-state index in [-0.39, 0.29) is 23.1 Å². The number of piperidine rings is 1. The van der Waals surface area contributed by atoms with Gasteiger partial charge in [0.05, 0.1) is 5.92 Å². The van der Waals surface area contributed by atoms with Gasteiger partial charge in [0.2, 0.25) is 11.8 Å². The van der Waals surface area contributed by atoms with Crippen LogP contribution >= 0.6 is 0 Å². The quantitative estimate of drug-likeness (QED) is 0.807. The van der Waals surface area contributed by atoms with E-state index in [0.717, 1.165) is 30.6 Å². The van der Waals surface area contributed by atoms with Crippen molar-refractivity contribution < 1.29 is 9.59 Å². The molecule has 0 saturated carbocycles. The van der Waals surface area contributed by atoms with Gasteiger partial charge in [0.15, 0.2) is 0 Å². The van der Waals surface area contributed by atoms with E-state index in [9.17, 15) is 9.59 Å². The van der Waals surface area contributed by atoms with Gasteiger partial charge < -0.3 is 16.0 Å². The molecule has 1 aliphatic rings. The number of anilines is 1. The van der Waals surface area contributed by atoms with Crippen LogP contribution in [0.15, 0.2) is 36.4 Å². The van der Waals surface area contributed by atoms with Crippen LogP contribution in [0.4, 0.5) is 5.69 Å². The number of allylic oxidation sites excluding steroid dienone is 1. The lowest BCUT2D eigenvalue weighted by atomic mass is 9.96. The molecule has 1 aliphatic heterocycles. The van der Waals surface area contributed by atoms with Crippen molar-refractivity contribution in [3.63, 3.8) is 0 Å². The molecule has 1 saturated heterocycles. The molecule has 1 heterocycles. The molecule has 1 atom stereocenters. The van der Waals surface area contributed by atoms with Crippen LogP contribution in [0.1, 0.15) is 39.2 Å². The lowest BCUT2D eigenvalue weighted by Crippen LogP contribution is -2.41. The number of para-hydroxylation sites is 1. The number of benzene rings is 1. The van der Waals surface area contributed by atoms with Crippen LogP contribution in [0, 0.1) is 11.3 Å². The minimum absolute atomic E-state index is 0.0210. The van der Waals surface area contributed by atoms with E-state index in [2.05, 4.69) is 31.0 Å². The van der Waals surface area contributed by atoms with Gasteiger partial charge in [-0.1, -0.05) is 45.0 Å². The molecule has 0 aliphatic carbocycles. The maximum atomic E-state index is 12.0. The van der Waals surface area contributed by atoms with Crippen LogP contribution in [0.25, 0.3) is 0 Å². The number of primary amides is 1. The predicted octanol–water partition coefficient (Wildman–Crippen LogP) is 2.61. The van der Waals surface area contributed by atoms with Crippen LogP contribution in [0.2, 0.25) is 0 Å². The Morgan fingerprint density at radius 2 is 2.04 bits per heavy atom. The van der Waals surface area contributed by atoms with Crippen molar-refractivity contribution in [3.05, 3.63) is 42.0 Å². The smallest absolute Gasteiger partial charge is 0.243 e. The van der Waals surface area contributed by atoms with Crippen LogP contribution in [0.3, 0.4) is 0 Å². The van der Waals surface area contributed by atoms with Gasteiger partial charge >= 0.3 is 0 Å². The van der Waals surface area contributed by atoms with Gasteiger partial charge in [-0.15, -0.1) is 0 Å². The van der Waals surface area contributed by atoms with Gasteiger partial charge in [-0.3, -0.25) is 9.59 Å². The number of nitrogens with one attached hydrogen (secondary N) is 1. The molecule has 2 amide bonds. The zero-order valence-electron chi connectivity index (χ0n) is 15.4. The molecule has 0 bridgehead atoms. The van der Waals surface area contributed by atoms with Crippen molar-refractivity contribution in [1.82, 2.24) is 5.32 Å². The van der Waals surface area contributed by atoms with Crippen molar-refractivity contribution in [2.45, 2.75) is 40.2 Å². The highest BCUT2D eigenvalue weighted by molar-refractivity contribution is 5.87. The zero-order chi connectivity index (χ0) is 18.4. The van der Waals surface area contributed by atoms with Gasteiger partial charge in [0, 0.05) is 25.3 Å². The topological polar surface area (TPSA) is 75.4 Å². The van der Waals surface area contributed by atoms with Crippen LogP contribution in [-0.2, 0) is 16.1 Å². The van der Waals surface area contributed by atoms with Crippen molar-refractivity contribution >= 4 is 17.5 Å². The Bertz CT molecular complexity index is 647. The van der Waals surface area contributed by atoms with E-state index < -0.39 is 0 Å². The third-order valence-electron chi connectivity index (χ3n) is 4.34. The second-order valence-corrected chi connectivity index (χ2v) is 7.73. The number of hydrogen-bond donors (Lipinski definition) is 2. The summed E-state index contributed by atoms with van der Waals surface area (Å²) in [5.74, 6) is -0.438. The molecule has 1 aromatic carbocycles. The molecule has 25 heavy (non-hydrogen) atoms. The molecule has 3 N–H and O–H groups in total. The van der Waals surface area contributed by atoms with Crippen LogP contribution in [-0.4, -0.2) is 24.9 Å². The minimum atomic E-state index is -0.234. The Morgan fingerprint density at radius 1 is 1.32 bits per heavy atom. The summed E-state index contributed by atoms with van der Waals surface area (Å²) in [4.78, 5) is 25.7. The van der Waals surface area contributed by atoms with Gasteiger partial charge in [-0.25, -0.2) is 0 Å². The summed E-state index contributed by atoms with van der Waals surface area (Å²) in [6.07, 6.45) is 5.29. The molecule has 5 nitrogen and oxygen atoms in total. The molecule has 0 spiro atoms.